The Bertz CT molecular complexity index is 1320. The fourth-order valence-electron chi connectivity index (χ4n) is 13.2. The Balaban J connectivity index is 1.39. The van der Waals surface area contributed by atoms with Crippen LogP contribution in [0.1, 0.15) is 132 Å². The van der Waals surface area contributed by atoms with E-state index in [1.54, 1.807) is 13.8 Å². The van der Waals surface area contributed by atoms with Crippen LogP contribution in [0.5, 0.6) is 0 Å². The molecule has 2 N–H and O–H groups in total. The number of ether oxygens (including phenoxy) is 1. The molecule has 10 atom stereocenters. The number of esters is 1. The van der Waals surface area contributed by atoms with Crippen LogP contribution in [-0.2, 0) is 19.1 Å². The number of fused-ring (bicyclic) bond motifs is 7. The Kier molecular flexibility index (Phi) is 9.32. The highest BCUT2D eigenvalue weighted by molar-refractivity contribution is 5.81. The van der Waals surface area contributed by atoms with E-state index >= 15 is 0 Å². The Morgan fingerprint density at radius 1 is 0.854 bits per heavy atom. The van der Waals surface area contributed by atoms with Gasteiger partial charge in [-0.25, -0.2) is 0 Å². The predicted molar refractivity (Wildman–Crippen MR) is 179 cm³/mol. The zero-order chi connectivity index (χ0) is 35.9. The maximum Gasteiger partial charge on any atom is 0.471 e. The average Bonchev–Trinajstić information content (AvgIpc) is 3.32. The molecular formula is C39H60F3NO5. The van der Waals surface area contributed by atoms with E-state index in [-0.39, 0.29) is 70.4 Å². The van der Waals surface area contributed by atoms with Crippen molar-refractivity contribution in [1.29, 1.82) is 0 Å². The minimum atomic E-state index is -4.89. The number of carboxylic acids is 1. The summed E-state index contributed by atoms with van der Waals surface area (Å²) in [6, 6.07) is 0. The van der Waals surface area contributed by atoms with E-state index in [4.69, 9.17) is 4.74 Å². The third-order valence-corrected chi connectivity index (χ3v) is 15.6. The summed E-state index contributed by atoms with van der Waals surface area (Å²) < 4.78 is 46.0. The van der Waals surface area contributed by atoms with E-state index in [1.165, 1.54) is 0 Å². The molecule has 272 valence electrons. The second-order valence-electron chi connectivity index (χ2n) is 19.0. The minimum Gasteiger partial charge on any atom is -0.481 e. The molecule has 5 aliphatic carbocycles. The van der Waals surface area contributed by atoms with Crippen molar-refractivity contribution in [3.63, 3.8) is 0 Å². The van der Waals surface area contributed by atoms with Crippen molar-refractivity contribution in [1.82, 2.24) is 5.32 Å². The largest absolute Gasteiger partial charge is 0.481 e. The molecule has 6 nitrogen and oxygen atoms in total. The molecule has 0 radical (unpaired) electrons. The summed E-state index contributed by atoms with van der Waals surface area (Å²) in [4.78, 5) is 36.5. The van der Waals surface area contributed by atoms with Crippen LogP contribution in [0.25, 0.3) is 0 Å². The molecule has 5 fully saturated rings. The number of aliphatic carboxylic acids is 1. The van der Waals surface area contributed by atoms with Gasteiger partial charge in [-0.1, -0.05) is 60.6 Å². The first-order chi connectivity index (χ1) is 21.9. The number of amides is 1. The first kappa shape index (κ1) is 37.2. The number of halogens is 3. The third kappa shape index (κ3) is 5.92. The van der Waals surface area contributed by atoms with Gasteiger partial charge in [-0.05, 0) is 128 Å². The molecule has 48 heavy (non-hydrogen) atoms. The summed E-state index contributed by atoms with van der Waals surface area (Å²) in [5.74, 6) is -1.46. The third-order valence-electron chi connectivity index (χ3n) is 15.6. The minimum absolute atomic E-state index is 0.00726. The molecule has 0 spiro atoms. The smallest absolute Gasteiger partial charge is 0.471 e. The van der Waals surface area contributed by atoms with Gasteiger partial charge in [-0.2, -0.15) is 13.2 Å². The van der Waals surface area contributed by atoms with E-state index in [1.807, 2.05) is 0 Å². The van der Waals surface area contributed by atoms with Crippen LogP contribution in [0.2, 0.25) is 0 Å². The number of carbonyl (C=O) groups excluding carboxylic acids is 2. The molecule has 0 aromatic rings. The lowest BCUT2D eigenvalue weighted by molar-refractivity contribution is -0.250. The zero-order valence-corrected chi connectivity index (χ0v) is 30.6. The van der Waals surface area contributed by atoms with Gasteiger partial charge in [0.25, 0.3) is 0 Å². The molecular weight excluding hydrogens is 619 g/mol. The number of alkyl halides is 3. The highest BCUT2D eigenvalue weighted by Gasteiger charge is 2.71. The van der Waals surface area contributed by atoms with Gasteiger partial charge in [0.05, 0.1) is 12.8 Å². The van der Waals surface area contributed by atoms with Crippen molar-refractivity contribution in [3.05, 3.63) is 12.2 Å². The van der Waals surface area contributed by atoms with Gasteiger partial charge in [-0.3, -0.25) is 14.4 Å². The van der Waals surface area contributed by atoms with Gasteiger partial charge in [-0.15, -0.1) is 0 Å². The standard InChI is InChI=1S/C39H60F3NO5/c1-23(2)24-12-17-38(22-43-32(47)39(40,41)42)19-18-36(8)25(31(24)38)10-11-27-35(7)15-14-28(34(5,6)26(35)13-16-37(27,36)9)48-30(46)21-33(3,4)20-29(44)45/h24-28,31H,1,10-22H2,2-9H3,(H,43,47)(H,44,45)/t24-,25+,26-,27+,28?,31+,35-,36+,37+,38+/m0/s1. The van der Waals surface area contributed by atoms with Crippen molar-refractivity contribution in [3.8, 4) is 0 Å². The van der Waals surface area contributed by atoms with Crippen LogP contribution in [0.15, 0.2) is 12.2 Å². The maximum absolute atomic E-state index is 13.3. The molecule has 5 aliphatic rings. The van der Waals surface area contributed by atoms with Gasteiger partial charge in [0.15, 0.2) is 0 Å². The van der Waals surface area contributed by atoms with Crippen molar-refractivity contribution < 1.29 is 37.4 Å². The van der Waals surface area contributed by atoms with Crippen LogP contribution in [0, 0.1) is 62.1 Å². The monoisotopic (exact) mass is 679 g/mol. The van der Waals surface area contributed by atoms with Gasteiger partial charge in [0.2, 0.25) is 0 Å². The normalized spacial score (nSPS) is 42.0. The number of hydrogen-bond donors (Lipinski definition) is 2. The van der Waals surface area contributed by atoms with Crippen LogP contribution in [0.4, 0.5) is 13.2 Å². The molecule has 0 aromatic heterocycles. The van der Waals surface area contributed by atoms with Crippen molar-refractivity contribution in [2.45, 2.75) is 145 Å². The lowest BCUT2D eigenvalue weighted by Gasteiger charge is -2.73. The molecule has 5 saturated carbocycles. The molecule has 9 heteroatoms. The molecule has 0 heterocycles. The SMILES string of the molecule is C=C(C)[C@@H]1CC[C@]2(CNC(=O)C(F)(F)F)CC[C@]3(C)[C@H](CC[C@@H]4[C@@]5(C)CCC(OC(=O)CC(C)(C)CC(=O)O)C(C)(C)[C@@H]5CC[C@]43C)[C@@H]12. The number of carboxylic acid groups (broad SMARTS) is 1. The number of hydrogen-bond acceptors (Lipinski definition) is 4. The maximum atomic E-state index is 13.3. The zero-order valence-electron chi connectivity index (χ0n) is 30.6. The highest BCUT2D eigenvalue weighted by Crippen LogP contribution is 2.77. The number of nitrogens with one attached hydrogen (secondary N) is 1. The Labute approximate surface area is 285 Å². The quantitative estimate of drug-likeness (QED) is 0.197. The Morgan fingerprint density at radius 3 is 2.12 bits per heavy atom. The second kappa shape index (κ2) is 12.0. The lowest BCUT2D eigenvalue weighted by Crippen LogP contribution is -2.67. The van der Waals surface area contributed by atoms with E-state index in [0.29, 0.717) is 17.8 Å². The molecule has 0 aliphatic heterocycles. The van der Waals surface area contributed by atoms with Crippen LogP contribution in [0.3, 0.4) is 0 Å². The molecule has 0 bridgehead atoms. The summed E-state index contributed by atoms with van der Waals surface area (Å²) in [7, 11) is 0. The highest BCUT2D eigenvalue weighted by atomic mass is 19.4. The Hall–Kier alpha value is -2.06. The van der Waals surface area contributed by atoms with E-state index < -0.39 is 23.5 Å². The van der Waals surface area contributed by atoms with Gasteiger partial charge >= 0.3 is 24.0 Å². The lowest BCUT2D eigenvalue weighted by atomic mass is 9.32. The van der Waals surface area contributed by atoms with E-state index in [2.05, 4.69) is 53.4 Å². The van der Waals surface area contributed by atoms with Gasteiger partial charge in [0.1, 0.15) is 6.10 Å². The molecule has 1 unspecified atom stereocenters. The van der Waals surface area contributed by atoms with E-state index in [0.717, 1.165) is 69.8 Å². The molecule has 1 amide bonds. The number of rotatable bonds is 8. The van der Waals surface area contributed by atoms with Gasteiger partial charge in [0, 0.05) is 12.0 Å². The summed E-state index contributed by atoms with van der Waals surface area (Å²) in [5.41, 5.74) is -0.0545. The fourth-order valence-corrected chi connectivity index (χ4v) is 13.2. The fraction of sp³-hybridized carbons (Fsp3) is 0.872. The Morgan fingerprint density at radius 2 is 1.52 bits per heavy atom. The van der Waals surface area contributed by atoms with Crippen molar-refractivity contribution in [2.75, 3.05) is 6.54 Å². The average molecular weight is 680 g/mol. The second-order valence-corrected chi connectivity index (χ2v) is 19.0. The first-order valence-corrected chi connectivity index (χ1v) is 18.4. The van der Waals surface area contributed by atoms with Crippen molar-refractivity contribution >= 4 is 17.8 Å². The molecule has 5 rings (SSSR count). The van der Waals surface area contributed by atoms with E-state index in [9.17, 15) is 32.7 Å². The summed E-state index contributed by atoms with van der Waals surface area (Å²) >= 11 is 0. The summed E-state index contributed by atoms with van der Waals surface area (Å²) in [6.45, 7) is 22.1. The predicted octanol–water partition coefficient (Wildman–Crippen LogP) is 9.13. The first-order valence-electron chi connectivity index (χ1n) is 18.4. The summed E-state index contributed by atoms with van der Waals surface area (Å²) in [5, 5.41) is 11.6. The van der Waals surface area contributed by atoms with Crippen LogP contribution < -0.4 is 5.32 Å². The van der Waals surface area contributed by atoms with Crippen LogP contribution in [-0.4, -0.2) is 41.8 Å². The van der Waals surface area contributed by atoms with Crippen LogP contribution >= 0.6 is 0 Å². The van der Waals surface area contributed by atoms with Gasteiger partial charge < -0.3 is 15.2 Å². The number of allylic oxidation sites excluding steroid dienone is 1. The number of carbonyl (C=O) groups is 3. The summed E-state index contributed by atoms with van der Waals surface area (Å²) in [6.07, 6.45) is 4.29. The topological polar surface area (TPSA) is 92.7 Å². The molecule has 0 saturated heterocycles. The van der Waals surface area contributed by atoms with Crippen molar-refractivity contribution in [2.24, 2.45) is 62.1 Å². The molecule has 0 aromatic carbocycles.